The lowest BCUT2D eigenvalue weighted by atomic mass is 9.97. The zero-order valence-electron chi connectivity index (χ0n) is 15.4. The first-order valence-electron chi connectivity index (χ1n) is 9.45. The fraction of sp³-hybridized carbons (Fsp3) is 0.667. The molecule has 0 saturated carbocycles. The summed E-state index contributed by atoms with van der Waals surface area (Å²) in [5, 5.41) is 2.94. The number of rotatable bonds is 5. The Bertz CT molecular complexity index is 694. The summed E-state index contributed by atoms with van der Waals surface area (Å²) in [6.45, 7) is 4.69. The monoisotopic (exact) mass is 381 g/mol. The number of nitrogens with zero attached hydrogens (tertiary/aromatic N) is 2. The van der Waals surface area contributed by atoms with Gasteiger partial charge in [0.1, 0.15) is 6.54 Å². The highest BCUT2D eigenvalue weighted by molar-refractivity contribution is 7.86. The Morgan fingerprint density at radius 2 is 1.73 bits per heavy atom. The van der Waals surface area contributed by atoms with Crippen molar-refractivity contribution in [3.63, 3.8) is 0 Å². The maximum absolute atomic E-state index is 12.8. The molecule has 8 heteroatoms. The first kappa shape index (κ1) is 19.3. The third-order valence-electron chi connectivity index (χ3n) is 5.45. The van der Waals surface area contributed by atoms with Crippen LogP contribution in [0.1, 0.15) is 38.3 Å². The summed E-state index contributed by atoms with van der Waals surface area (Å²) in [5.41, 5.74) is 0.945. The molecule has 0 bridgehead atoms. The smallest absolute Gasteiger partial charge is 0.281 e. The lowest BCUT2D eigenvalue weighted by Crippen LogP contribution is -2.50. The Morgan fingerprint density at radius 3 is 2.31 bits per heavy atom. The van der Waals surface area contributed by atoms with E-state index in [0.29, 0.717) is 51.5 Å². The number of carbonyl (C=O) groups is 1. The number of nitrogens with one attached hydrogen (secondary N) is 2. The molecule has 7 nitrogen and oxygen atoms in total. The zero-order valence-corrected chi connectivity index (χ0v) is 16.2. The highest BCUT2D eigenvalue weighted by atomic mass is 32.2. The van der Waals surface area contributed by atoms with E-state index in [2.05, 4.69) is 17.2 Å². The van der Waals surface area contributed by atoms with E-state index in [4.69, 9.17) is 0 Å². The van der Waals surface area contributed by atoms with Crippen molar-refractivity contribution in [3.05, 3.63) is 30.1 Å². The van der Waals surface area contributed by atoms with Gasteiger partial charge >= 0.3 is 0 Å². The maximum Gasteiger partial charge on any atom is 0.281 e. The van der Waals surface area contributed by atoms with E-state index in [-0.39, 0.29) is 11.8 Å². The summed E-state index contributed by atoms with van der Waals surface area (Å²) < 4.78 is 28.7. The molecule has 2 N–H and O–H groups in total. The zero-order chi connectivity index (χ0) is 18.6. The second kappa shape index (κ2) is 8.45. The highest BCUT2D eigenvalue weighted by Gasteiger charge is 2.35. The Morgan fingerprint density at radius 1 is 1.12 bits per heavy atom. The molecule has 0 radical (unpaired) electrons. The second-order valence-corrected chi connectivity index (χ2v) is 9.30. The predicted molar refractivity (Wildman–Crippen MR) is 98.0 cm³/mol. The lowest BCUT2D eigenvalue weighted by Gasteiger charge is -2.36. The van der Waals surface area contributed by atoms with Crippen molar-refractivity contribution < 1.29 is 18.2 Å². The number of aromatic nitrogens is 1. The Balaban J connectivity index is 1.48. The summed E-state index contributed by atoms with van der Waals surface area (Å²) >= 11 is 0. The number of H-pyrrole nitrogens is 1. The van der Waals surface area contributed by atoms with Crippen LogP contribution in [0.2, 0.25) is 0 Å². The van der Waals surface area contributed by atoms with Crippen LogP contribution in [0.3, 0.4) is 0 Å². The van der Waals surface area contributed by atoms with E-state index >= 15 is 0 Å². The van der Waals surface area contributed by atoms with Gasteiger partial charge in [0.15, 0.2) is 11.9 Å². The molecule has 1 aromatic rings. The SMILES string of the molecule is CC1CCN(S(=O)(=O)N2CCC(C(=O)NCc3cccc[nH+]3)CC2)CC1. The Hall–Kier alpha value is -1.51. The lowest BCUT2D eigenvalue weighted by molar-refractivity contribution is -0.390. The van der Waals surface area contributed by atoms with Crippen LogP contribution in [0.15, 0.2) is 24.4 Å². The number of carbonyl (C=O) groups excluding carboxylic acids is 1. The van der Waals surface area contributed by atoms with Crippen LogP contribution in [-0.2, 0) is 21.5 Å². The van der Waals surface area contributed by atoms with Crippen LogP contribution < -0.4 is 10.3 Å². The molecule has 2 aliphatic heterocycles. The minimum atomic E-state index is -3.38. The van der Waals surface area contributed by atoms with Gasteiger partial charge in [0.25, 0.3) is 10.2 Å². The number of hydrogen-bond acceptors (Lipinski definition) is 3. The molecular formula is C18H29N4O3S+. The van der Waals surface area contributed by atoms with Gasteiger partial charge in [-0.15, -0.1) is 0 Å². The number of aromatic amines is 1. The Labute approximate surface area is 156 Å². The molecule has 0 atom stereocenters. The van der Waals surface area contributed by atoms with Crippen LogP contribution in [0.25, 0.3) is 0 Å². The molecule has 2 saturated heterocycles. The Kier molecular flexibility index (Phi) is 6.26. The first-order valence-corrected chi connectivity index (χ1v) is 10.8. The van der Waals surface area contributed by atoms with Crippen LogP contribution >= 0.6 is 0 Å². The number of piperidine rings is 2. The third-order valence-corrected chi connectivity index (χ3v) is 7.48. The van der Waals surface area contributed by atoms with Gasteiger partial charge in [-0.25, -0.2) is 4.98 Å². The van der Waals surface area contributed by atoms with Gasteiger partial charge < -0.3 is 5.32 Å². The molecule has 26 heavy (non-hydrogen) atoms. The molecule has 0 aromatic carbocycles. The first-order chi connectivity index (χ1) is 12.5. The summed E-state index contributed by atoms with van der Waals surface area (Å²) in [6, 6.07) is 5.74. The predicted octanol–water partition coefficient (Wildman–Crippen LogP) is 0.806. The van der Waals surface area contributed by atoms with Crippen molar-refractivity contribution in [3.8, 4) is 0 Å². The van der Waals surface area contributed by atoms with Crippen LogP contribution in [-0.4, -0.2) is 49.1 Å². The molecule has 1 aromatic heterocycles. The van der Waals surface area contributed by atoms with E-state index < -0.39 is 10.2 Å². The number of pyridine rings is 1. The fourth-order valence-electron chi connectivity index (χ4n) is 3.59. The quantitative estimate of drug-likeness (QED) is 0.819. The van der Waals surface area contributed by atoms with Crippen molar-refractivity contribution in [1.82, 2.24) is 13.9 Å². The van der Waals surface area contributed by atoms with E-state index in [1.807, 2.05) is 24.4 Å². The average molecular weight is 382 g/mol. The van der Waals surface area contributed by atoms with Crippen molar-refractivity contribution in [2.75, 3.05) is 26.2 Å². The van der Waals surface area contributed by atoms with Crippen LogP contribution in [0, 0.1) is 11.8 Å². The molecule has 3 heterocycles. The fourth-order valence-corrected chi connectivity index (χ4v) is 5.27. The largest absolute Gasteiger partial charge is 0.346 e. The summed E-state index contributed by atoms with van der Waals surface area (Å²) in [4.78, 5) is 15.4. The topological polar surface area (TPSA) is 83.9 Å². The maximum atomic E-state index is 12.8. The van der Waals surface area contributed by atoms with E-state index in [1.54, 1.807) is 8.61 Å². The molecule has 1 amide bonds. The van der Waals surface area contributed by atoms with Crippen LogP contribution in [0.5, 0.6) is 0 Å². The van der Waals surface area contributed by atoms with Crippen molar-refractivity contribution >= 4 is 16.1 Å². The van der Waals surface area contributed by atoms with Gasteiger partial charge in [-0.3, -0.25) is 4.79 Å². The van der Waals surface area contributed by atoms with E-state index in [0.717, 1.165) is 18.5 Å². The molecular weight excluding hydrogens is 352 g/mol. The molecule has 3 rings (SSSR count). The van der Waals surface area contributed by atoms with Gasteiger partial charge in [-0.2, -0.15) is 17.0 Å². The molecule has 2 fully saturated rings. The van der Waals surface area contributed by atoms with Gasteiger partial charge in [-0.1, -0.05) is 13.0 Å². The molecule has 2 aliphatic rings. The van der Waals surface area contributed by atoms with Gasteiger partial charge in [0, 0.05) is 44.2 Å². The summed E-state index contributed by atoms with van der Waals surface area (Å²) in [5.74, 6) is 0.482. The van der Waals surface area contributed by atoms with Gasteiger partial charge in [-0.05, 0) is 31.6 Å². The number of amides is 1. The number of hydrogen-bond donors (Lipinski definition) is 1. The summed E-state index contributed by atoms with van der Waals surface area (Å²) in [7, 11) is -3.38. The third kappa shape index (κ3) is 4.61. The minimum Gasteiger partial charge on any atom is -0.346 e. The molecule has 0 spiro atoms. The average Bonchev–Trinajstić information content (AvgIpc) is 2.67. The van der Waals surface area contributed by atoms with Crippen molar-refractivity contribution in [2.24, 2.45) is 11.8 Å². The normalized spacial score (nSPS) is 21.6. The van der Waals surface area contributed by atoms with Gasteiger partial charge in [0.2, 0.25) is 5.91 Å². The second-order valence-electron chi connectivity index (χ2n) is 7.37. The molecule has 0 unspecified atom stereocenters. The minimum absolute atomic E-state index is 0.00565. The van der Waals surface area contributed by atoms with Crippen molar-refractivity contribution in [2.45, 2.75) is 39.2 Å². The van der Waals surface area contributed by atoms with Crippen LogP contribution in [0.4, 0.5) is 0 Å². The molecule has 144 valence electrons. The molecule has 0 aliphatic carbocycles. The van der Waals surface area contributed by atoms with Gasteiger partial charge in [0.05, 0.1) is 0 Å². The van der Waals surface area contributed by atoms with E-state index in [9.17, 15) is 13.2 Å². The standard InChI is InChI=1S/C18H28N4O3S/c1-15-5-10-21(11-6-15)26(24,25)22-12-7-16(8-13-22)18(23)20-14-17-4-2-3-9-19-17/h2-4,9,15-16H,5-8,10-14H2,1H3,(H,20,23)/p+1. The highest BCUT2D eigenvalue weighted by Crippen LogP contribution is 2.25. The summed E-state index contributed by atoms with van der Waals surface area (Å²) in [6.07, 6.45) is 4.83. The van der Waals surface area contributed by atoms with E-state index in [1.165, 1.54) is 0 Å². The van der Waals surface area contributed by atoms with Crippen molar-refractivity contribution in [1.29, 1.82) is 0 Å².